The molecule has 0 fully saturated rings. The van der Waals surface area contributed by atoms with Gasteiger partial charge in [-0.2, -0.15) is 0 Å². The molecule has 3 rings (SSSR count). The predicted octanol–water partition coefficient (Wildman–Crippen LogP) is 3.89. The molecule has 0 aliphatic carbocycles. The Morgan fingerprint density at radius 1 is 0.840 bits per heavy atom. The molecule has 3 aromatic rings. The number of nitrogens with one attached hydrogen (secondary N) is 2. The molecule has 8 heteroatoms. The molecule has 0 saturated heterocycles. The summed E-state index contributed by atoms with van der Waals surface area (Å²) in [4.78, 5) is 12.0. The average molecular weight is 344 g/mol. The Morgan fingerprint density at radius 2 is 1.64 bits per heavy atom. The molecule has 25 heavy (non-hydrogen) atoms. The van der Waals surface area contributed by atoms with E-state index in [1.807, 2.05) is 0 Å². The van der Waals surface area contributed by atoms with Crippen LogP contribution in [0.4, 0.5) is 30.4 Å². The molecule has 0 saturated carbocycles. The van der Waals surface area contributed by atoms with Gasteiger partial charge in [0.15, 0.2) is 23.1 Å². The van der Waals surface area contributed by atoms with Crippen molar-refractivity contribution >= 4 is 23.1 Å². The molecule has 1 aromatic heterocycles. The molecule has 1 amide bonds. The van der Waals surface area contributed by atoms with Gasteiger partial charge < -0.3 is 10.6 Å². The number of carbonyl (C=O) groups excluding carboxylic acids is 1. The van der Waals surface area contributed by atoms with E-state index in [2.05, 4.69) is 20.8 Å². The molecule has 0 spiro atoms. The van der Waals surface area contributed by atoms with Crippen LogP contribution in [0.3, 0.4) is 0 Å². The van der Waals surface area contributed by atoms with Gasteiger partial charge in [0, 0.05) is 11.8 Å². The SMILES string of the molecule is O=C(Nc1ccccc1F)c1ccc(Nc2ccc(F)c(F)c2)nn1. The highest BCUT2D eigenvalue weighted by molar-refractivity contribution is 6.02. The van der Waals surface area contributed by atoms with Gasteiger partial charge in [0.05, 0.1) is 5.69 Å². The number of hydrogen-bond acceptors (Lipinski definition) is 4. The summed E-state index contributed by atoms with van der Waals surface area (Å²) in [5.41, 5.74) is 0.272. The highest BCUT2D eigenvalue weighted by atomic mass is 19.2. The van der Waals surface area contributed by atoms with Crippen LogP contribution in [0.15, 0.2) is 54.6 Å². The first-order valence-electron chi connectivity index (χ1n) is 7.14. The minimum atomic E-state index is -1.00. The van der Waals surface area contributed by atoms with Crippen molar-refractivity contribution in [3.8, 4) is 0 Å². The smallest absolute Gasteiger partial charge is 0.276 e. The molecule has 0 radical (unpaired) electrons. The number of amides is 1. The maximum Gasteiger partial charge on any atom is 0.276 e. The topological polar surface area (TPSA) is 66.9 Å². The van der Waals surface area contributed by atoms with Gasteiger partial charge in [0.1, 0.15) is 5.82 Å². The van der Waals surface area contributed by atoms with Crippen molar-refractivity contribution in [3.63, 3.8) is 0 Å². The normalized spacial score (nSPS) is 10.4. The molecule has 0 atom stereocenters. The summed E-state index contributed by atoms with van der Waals surface area (Å²) in [5, 5.41) is 12.6. The summed E-state index contributed by atoms with van der Waals surface area (Å²) in [6.45, 7) is 0. The minimum absolute atomic E-state index is 0.0262. The molecule has 0 bridgehead atoms. The lowest BCUT2D eigenvalue weighted by Crippen LogP contribution is -2.15. The molecule has 0 aliphatic rings. The Bertz CT molecular complexity index is 916. The maximum atomic E-state index is 13.5. The quantitative estimate of drug-likeness (QED) is 0.753. The van der Waals surface area contributed by atoms with Crippen molar-refractivity contribution in [3.05, 3.63) is 77.7 Å². The molecule has 5 nitrogen and oxygen atoms in total. The van der Waals surface area contributed by atoms with E-state index < -0.39 is 23.4 Å². The fourth-order valence-electron chi connectivity index (χ4n) is 1.99. The van der Waals surface area contributed by atoms with Crippen LogP contribution >= 0.6 is 0 Å². The van der Waals surface area contributed by atoms with Crippen molar-refractivity contribution in [2.24, 2.45) is 0 Å². The van der Waals surface area contributed by atoms with Gasteiger partial charge in [-0.05, 0) is 36.4 Å². The molecule has 2 N–H and O–H groups in total. The summed E-state index contributed by atoms with van der Waals surface area (Å²) in [7, 11) is 0. The van der Waals surface area contributed by atoms with E-state index >= 15 is 0 Å². The molecular weight excluding hydrogens is 333 g/mol. The number of anilines is 3. The van der Waals surface area contributed by atoms with E-state index in [4.69, 9.17) is 0 Å². The first kappa shape index (κ1) is 16.4. The Hall–Kier alpha value is -3.42. The van der Waals surface area contributed by atoms with E-state index in [0.29, 0.717) is 0 Å². The highest BCUT2D eigenvalue weighted by Gasteiger charge is 2.11. The van der Waals surface area contributed by atoms with E-state index in [1.54, 1.807) is 6.07 Å². The molecule has 126 valence electrons. The van der Waals surface area contributed by atoms with Crippen molar-refractivity contribution in [1.29, 1.82) is 0 Å². The Kier molecular flexibility index (Phi) is 4.60. The third-order valence-electron chi connectivity index (χ3n) is 3.21. The minimum Gasteiger partial charge on any atom is -0.339 e. The van der Waals surface area contributed by atoms with Gasteiger partial charge in [-0.15, -0.1) is 10.2 Å². The first-order valence-corrected chi connectivity index (χ1v) is 7.14. The first-order chi connectivity index (χ1) is 12.0. The largest absolute Gasteiger partial charge is 0.339 e. The zero-order valence-corrected chi connectivity index (χ0v) is 12.6. The van der Waals surface area contributed by atoms with Crippen molar-refractivity contribution in [1.82, 2.24) is 10.2 Å². The number of aromatic nitrogens is 2. The van der Waals surface area contributed by atoms with E-state index in [9.17, 15) is 18.0 Å². The second-order valence-corrected chi connectivity index (χ2v) is 4.99. The predicted molar refractivity (Wildman–Crippen MR) is 86.0 cm³/mol. The van der Waals surface area contributed by atoms with E-state index in [1.165, 1.54) is 36.4 Å². The van der Waals surface area contributed by atoms with Crippen LogP contribution < -0.4 is 10.6 Å². The van der Waals surface area contributed by atoms with Gasteiger partial charge in [0.25, 0.3) is 5.91 Å². The zero-order chi connectivity index (χ0) is 17.8. The third kappa shape index (κ3) is 3.92. The van der Waals surface area contributed by atoms with Gasteiger partial charge in [-0.1, -0.05) is 12.1 Å². The number of para-hydroxylation sites is 1. The molecular formula is C17H11F3N4O. The number of benzene rings is 2. The monoisotopic (exact) mass is 344 g/mol. The van der Waals surface area contributed by atoms with Crippen LogP contribution in [-0.4, -0.2) is 16.1 Å². The third-order valence-corrected chi connectivity index (χ3v) is 3.21. The number of halogens is 3. The van der Waals surface area contributed by atoms with Crippen LogP contribution in [0.25, 0.3) is 0 Å². The zero-order valence-electron chi connectivity index (χ0n) is 12.6. The fourth-order valence-corrected chi connectivity index (χ4v) is 1.99. The molecule has 2 aromatic carbocycles. The fraction of sp³-hybridized carbons (Fsp3) is 0. The van der Waals surface area contributed by atoms with Crippen LogP contribution in [0.5, 0.6) is 0 Å². The molecule has 0 aliphatic heterocycles. The lowest BCUT2D eigenvalue weighted by Gasteiger charge is -2.07. The second-order valence-electron chi connectivity index (χ2n) is 4.99. The summed E-state index contributed by atoms with van der Waals surface area (Å²) < 4.78 is 39.6. The summed E-state index contributed by atoms with van der Waals surface area (Å²) >= 11 is 0. The standard InChI is InChI=1S/C17H11F3N4O/c18-11-6-5-10(9-13(11)20)21-16-8-7-15(23-24-16)17(25)22-14-4-2-1-3-12(14)19/h1-9H,(H,21,24)(H,22,25). The van der Waals surface area contributed by atoms with Gasteiger partial charge in [0.2, 0.25) is 0 Å². The number of carbonyl (C=O) groups is 1. The Labute approximate surface area is 140 Å². The van der Waals surface area contributed by atoms with Crippen molar-refractivity contribution in [2.75, 3.05) is 10.6 Å². The second kappa shape index (κ2) is 7.00. The van der Waals surface area contributed by atoms with E-state index in [0.717, 1.165) is 12.1 Å². The lowest BCUT2D eigenvalue weighted by atomic mass is 10.3. The van der Waals surface area contributed by atoms with Crippen molar-refractivity contribution < 1.29 is 18.0 Å². The number of nitrogens with zero attached hydrogens (tertiary/aromatic N) is 2. The van der Waals surface area contributed by atoms with E-state index in [-0.39, 0.29) is 22.9 Å². The van der Waals surface area contributed by atoms with Crippen LogP contribution in [0.2, 0.25) is 0 Å². The Balaban J connectivity index is 1.70. The average Bonchev–Trinajstić information content (AvgIpc) is 2.61. The van der Waals surface area contributed by atoms with Crippen LogP contribution in [0, 0.1) is 17.5 Å². The number of rotatable bonds is 4. The Morgan fingerprint density at radius 3 is 2.32 bits per heavy atom. The molecule has 0 unspecified atom stereocenters. The molecule has 1 heterocycles. The van der Waals surface area contributed by atoms with Crippen molar-refractivity contribution in [2.45, 2.75) is 0 Å². The summed E-state index contributed by atoms with van der Waals surface area (Å²) in [5.74, 6) is -2.93. The number of hydrogen-bond donors (Lipinski definition) is 2. The summed E-state index contributed by atoms with van der Waals surface area (Å²) in [6.07, 6.45) is 0. The van der Waals surface area contributed by atoms with Gasteiger partial charge >= 0.3 is 0 Å². The van der Waals surface area contributed by atoms with Gasteiger partial charge in [-0.25, -0.2) is 13.2 Å². The lowest BCUT2D eigenvalue weighted by molar-refractivity contribution is 0.102. The van der Waals surface area contributed by atoms with Crippen LogP contribution in [0.1, 0.15) is 10.5 Å². The summed E-state index contributed by atoms with van der Waals surface area (Å²) in [6, 6.07) is 11.8. The van der Waals surface area contributed by atoms with Gasteiger partial charge in [-0.3, -0.25) is 4.79 Å². The van der Waals surface area contributed by atoms with Crippen LogP contribution in [-0.2, 0) is 0 Å². The maximum absolute atomic E-state index is 13.5. The highest BCUT2D eigenvalue weighted by Crippen LogP contribution is 2.18.